The van der Waals surface area contributed by atoms with Gasteiger partial charge in [-0.2, -0.15) is 0 Å². The van der Waals surface area contributed by atoms with Crippen molar-refractivity contribution in [3.63, 3.8) is 0 Å². The van der Waals surface area contributed by atoms with E-state index in [-0.39, 0.29) is 16.8 Å². The first kappa shape index (κ1) is 20.0. The van der Waals surface area contributed by atoms with Crippen molar-refractivity contribution in [2.45, 2.75) is 6.92 Å². The number of oxime groups is 1. The molecule has 0 saturated heterocycles. The average Bonchev–Trinajstić information content (AvgIpc) is 2.51. The summed E-state index contributed by atoms with van der Waals surface area (Å²) in [5.74, 6) is -0.164. The molecular weight excluding hydrogens is 381 g/mol. The van der Waals surface area contributed by atoms with Crippen LogP contribution in [0.4, 0.5) is 4.79 Å². The van der Waals surface area contributed by atoms with Crippen LogP contribution in [0.1, 0.15) is 17.3 Å². The molecule has 0 saturated carbocycles. The molecule has 0 spiro atoms. The van der Waals surface area contributed by atoms with E-state index < -0.39 is 6.09 Å². The van der Waals surface area contributed by atoms with E-state index in [1.807, 2.05) is 6.26 Å². The summed E-state index contributed by atoms with van der Waals surface area (Å²) in [7, 11) is 1.57. The summed E-state index contributed by atoms with van der Waals surface area (Å²) < 4.78 is 1.35. The molecule has 2 amide bonds. The highest BCUT2D eigenvalue weighted by molar-refractivity contribution is 8.13. The second-order valence-electron chi connectivity index (χ2n) is 4.07. The number of benzene rings is 1. The third-order valence-corrected chi connectivity index (χ3v) is 4.51. The predicted octanol–water partition coefficient (Wildman–Crippen LogP) is 4.09. The molecule has 0 bridgehead atoms. The fourth-order valence-electron chi connectivity index (χ4n) is 1.25. The lowest BCUT2D eigenvalue weighted by Crippen LogP contribution is -2.27. The molecule has 0 aromatic heterocycles. The number of thioether (sulfide) groups is 1. The molecule has 10 heteroatoms. The highest BCUT2D eigenvalue weighted by atomic mass is 35.5. The fourth-order valence-corrected chi connectivity index (χ4v) is 2.45. The van der Waals surface area contributed by atoms with Gasteiger partial charge >= 0.3 is 6.09 Å². The van der Waals surface area contributed by atoms with E-state index in [1.165, 1.54) is 22.1 Å². The summed E-state index contributed by atoms with van der Waals surface area (Å²) in [5.41, 5.74) is 0.328. The van der Waals surface area contributed by atoms with Crippen LogP contribution >= 0.6 is 46.9 Å². The van der Waals surface area contributed by atoms with Gasteiger partial charge in [-0.15, -0.1) is 11.8 Å². The highest BCUT2D eigenvalue weighted by Gasteiger charge is 2.16. The Morgan fingerprint density at radius 2 is 2.09 bits per heavy atom. The molecule has 0 aliphatic carbocycles. The van der Waals surface area contributed by atoms with Gasteiger partial charge in [-0.3, -0.25) is 13.9 Å². The minimum Gasteiger partial charge on any atom is -0.309 e. The molecule has 126 valence electrons. The van der Waals surface area contributed by atoms with E-state index in [2.05, 4.69) is 15.3 Å². The topological polar surface area (TPSA) is 71.0 Å². The van der Waals surface area contributed by atoms with Crippen LogP contribution in [0.5, 0.6) is 0 Å². The van der Waals surface area contributed by atoms with Crippen molar-refractivity contribution in [2.75, 3.05) is 19.2 Å². The normalized spacial score (nSPS) is 11.1. The lowest BCUT2D eigenvalue weighted by Gasteiger charge is -2.16. The Morgan fingerprint density at radius 1 is 1.39 bits per heavy atom. The van der Waals surface area contributed by atoms with Gasteiger partial charge in [0.1, 0.15) is 5.04 Å². The molecule has 0 atom stereocenters. The predicted molar refractivity (Wildman–Crippen MR) is 97.3 cm³/mol. The van der Waals surface area contributed by atoms with Gasteiger partial charge in [0.15, 0.2) is 0 Å². The molecule has 1 rings (SSSR count). The molecule has 0 fully saturated rings. The van der Waals surface area contributed by atoms with Crippen LogP contribution < -0.4 is 5.32 Å². The maximum absolute atomic E-state index is 12.2. The average molecular weight is 396 g/mol. The largest absolute Gasteiger partial charge is 0.434 e. The lowest BCUT2D eigenvalue weighted by molar-refractivity contribution is 0.0891. The highest BCUT2D eigenvalue weighted by Crippen LogP contribution is 2.23. The molecule has 0 aliphatic heterocycles. The summed E-state index contributed by atoms with van der Waals surface area (Å²) in [6, 6.07) is 4.63. The second kappa shape index (κ2) is 9.92. The molecule has 0 heterocycles. The summed E-state index contributed by atoms with van der Waals surface area (Å²) in [6.45, 7) is 1.72. The summed E-state index contributed by atoms with van der Waals surface area (Å²) in [6.07, 6.45) is 1.12. The van der Waals surface area contributed by atoms with Crippen molar-refractivity contribution in [3.8, 4) is 0 Å². The molecule has 1 aromatic carbocycles. The van der Waals surface area contributed by atoms with Gasteiger partial charge in [-0.25, -0.2) is 4.79 Å². The van der Waals surface area contributed by atoms with E-state index in [4.69, 9.17) is 23.2 Å². The minimum atomic E-state index is -0.698. The number of carbonyl (C=O) groups is 2. The van der Waals surface area contributed by atoms with Crippen molar-refractivity contribution in [3.05, 3.63) is 33.8 Å². The van der Waals surface area contributed by atoms with E-state index in [1.54, 1.807) is 26.1 Å². The first-order valence-electron chi connectivity index (χ1n) is 6.24. The lowest BCUT2D eigenvalue weighted by atomic mass is 10.2. The molecule has 1 aromatic rings. The van der Waals surface area contributed by atoms with Crippen LogP contribution in [0.2, 0.25) is 10.0 Å². The van der Waals surface area contributed by atoms with E-state index in [0.717, 1.165) is 11.9 Å². The number of hydrogen-bond acceptors (Lipinski definition) is 6. The Labute approximate surface area is 153 Å². The van der Waals surface area contributed by atoms with Gasteiger partial charge < -0.3 is 5.32 Å². The standard InChI is InChI=1S/C13H15Cl2N3O3S2/c1-8(22-3)17-21-13(20)16-7-23-18(2)12(19)10-5-4-9(14)6-11(10)15/h4-6H,7H2,1-3H3,(H,16,20)/b17-8+. The Hall–Kier alpha value is -1.09. The molecule has 6 nitrogen and oxygen atoms in total. The van der Waals surface area contributed by atoms with Crippen molar-refractivity contribution in [2.24, 2.45) is 5.16 Å². The molecule has 0 unspecified atom stereocenters. The van der Waals surface area contributed by atoms with Gasteiger partial charge in [0.25, 0.3) is 5.91 Å². The zero-order chi connectivity index (χ0) is 17.4. The number of nitrogens with one attached hydrogen (secondary N) is 1. The smallest absolute Gasteiger partial charge is 0.309 e. The van der Waals surface area contributed by atoms with Crippen LogP contribution in [0, 0.1) is 0 Å². The molecule has 0 radical (unpaired) electrons. The van der Waals surface area contributed by atoms with Crippen LogP contribution in [-0.4, -0.2) is 40.5 Å². The quantitative estimate of drug-likeness (QED) is 0.203. The first-order valence-corrected chi connectivity index (χ1v) is 9.17. The van der Waals surface area contributed by atoms with Crippen LogP contribution in [-0.2, 0) is 4.84 Å². The monoisotopic (exact) mass is 395 g/mol. The minimum absolute atomic E-state index is 0.139. The Balaban J connectivity index is 2.46. The summed E-state index contributed by atoms with van der Waals surface area (Å²) in [5, 5.41) is 7.39. The second-order valence-corrected chi connectivity index (χ2v) is 7.01. The number of hydrogen-bond donors (Lipinski definition) is 1. The fraction of sp³-hybridized carbons (Fsp3) is 0.308. The van der Waals surface area contributed by atoms with Crippen molar-refractivity contribution < 1.29 is 14.4 Å². The van der Waals surface area contributed by atoms with Crippen LogP contribution in [0.25, 0.3) is 0 Å². The van der Waals surface area contributed by atoms with E-state index >= 15 is 0 Å². The third kappa shape index (κ3) is 6.90. The zero-order valence-electron chi connectivity index (χ0n) is 12.6. The molecule has 23 heavy (non-hydrogen) atoms. The Kier molecular flexibility index (Phi) is 8.60. The number of rotatable bonds is 5. The SMILES string of the molecule is CS/C(C)=N/OC(=O)NCSN(C)C(=O)c1ccc(Cl)cc1Cl. The van der Waals surface area contributed by atoms with Gasteiger partial charge in [0.05, 0.1) is 16.5 Å². The maximum Gasteiger partial charge on any atom is 0.434 e. The van der Waals surface area contributed by atoms with Gasteiger partial charge in [0.2, 0.25) is 0 Å². The van der Waals surface area contributed by atoms with Gasteiger partial charge in [-0.05, 0) is 43.3 Å². The molecule has 0 aliphatic rings. The van der Waals surface area contributed by atoms with Gasteiger partial charge in [0, 0.05) is 12.1 Å². The van der Waals surface area contributed by atoms with E-state index in [0.29, 0.717) is 15.6 Å². The number of amides is 2. The first-order chi connectivity index (χ1) is 10.8. The third-order valence-electron chi connectivity index (χ3n) is 2.47. The van der Waals surface area contributed by atoms with Crippen LogP contribution in [0.15, 0.2) is 23.4 Å². The maximum atomic E-state index is 12.2. The number of carbonyl (C=O) groups excluding carboxylic acids is 2. The zero-order valence-corrected chi connectivity index (χ0v) is 15.8. The number of nitrogens with zero attached hydrogens (tertiary/aromatic N) is 2. The summed E-state index contributed by atoms with van der Waals surface area (Å²) in [4.78, 5) is 28.2. The van der Waals surface area contributed by atoms with Crippen molar-refractivity contribution in [1.29, 1.82) is 0 Å². The Bertz CT molecular complexity index is 614. The summed E-state index contributed by atoms with van der Waals surface area (Å²) >= 11 is 14.2. The Morgan fingerprint density at radius 3 is 2.70 bits per heavy atom. The number of halogens is 2. The van der Waals surface area contributed by atoms with Crippen molar-refractivity contribution >= 4 is 64.0 Å². The molecule has 1 N–H and O–H groups in total. The van der Waals surface area contributed by atoms with Gasteiger partial charge in [-0.1, -0.05) is 28.4 Å². The van der Waals surface area contributed by atoms with Crippen molar-refractivity contribution in [1.82, 2.24) is 9.62 Å². The van der Waals surface area contributed by atoms with E-state index in [9.17, 15) is 9.59 Å². The molecular formula is C13H15Cl2N3O3S2. The van der Waals surface area contributed by atoms with Crippen LogP contribution in [0.3, 0.4) is 0 Å².